The summed E-state index contributed by atoms with van der Waals surface area (Å²) in [5.74, 6) is 0.224. The van der Waals surface area contributed by atoms with Gasteiger partial charge in [0.2, 0.25) is 5.95 Å². The largest absolute Gasteiger partial charge is 0.385 e. The standard InChI is InChI=1S/C16H21N5O2/c1-12-10-14(15(22)18-6-3-9-23-2)21-16(20-12)19-11-13-4-7-17-8-5-13/h4-5,7-8,10H,3,6,9,11H2,1-2H3,(H,18,22)(H,19,20,21). The fraction of sp³-hybridized carbons (Fsp3) is 0.375. The smallest absolute Gasteiger partial charge is 0.270 e. The van der Waals surface area contributed by atoms with Crippen molar-refractivity contribution in [2.24, 2.45) is 0 Å². The average Bonchev–Trinajstić information content (AvgIpc) is 2.57. The SMILES string of the molecule is COCCCNC(=O)c1cc(C)nc(NCc2ccncc2)n1. The van der Waals surface area contributed by atoms with Crippen molar-refractivity contribution in [3.8, 4) is 0 Å². The lowest BCUT2D eigenvalue weighted by Crippen LogP contribution is -2.26. The van der Waals surface area contributed by atoms with Crippen LogP contribution in [0.25, 0.3) is 0 Å². The molecular weight excluding hydrogens is 294 g/mol. The monoisotopic (exact) mass is 315 g/mol. The Kier molecular flexibility index (Phi) is 6.43. The number of nitrogens with one attached hydrogen (secondary N) is 2. The third-order valence-electron chi connectivity index (χ3n) is 3.10. The molecule has 0 aliphatic carbocycles. The van der Waals surface area contributed by atoms with Gasteiger partial charge in [0.25, 0.3) is 5.91 Å². The number of nitrogens with zero attached hydrogens (tertiary/aromatic N) is 3. The van der Waals surface area contributed by atoms with Gasteiger partial charge < -0.3 is 15.4 Å². The van der Waals surface area contributed by atoms with Gasteiger partial charge in [-0.2, -0.15) is 0 Å². The van der Waals surface area contributed by atoms with Crippen LogP contribution in [0.1, 0.15) is 28.2 Å². The molecule has 2 aromatic heterocycles. The molecule has 0 fully saturated rings. The molecule has 2 heterocycles. The number of hydrogen-bond acceptors (Lipinski definition) is 6. The average molecular weight is 315 g/mol. The quantitative estimate of drug-likeness (QED) is 0.719. The summed E-state index contributed by atoms with van der Waals surface area (Å²) in [5, 5.41) is 5.94. The summed E-state index contributed by atoms with van der Waals surface area (Å²) >= 11 is 0. The predicted octanol–water partition coefficient (Wildman–Crippen LogP) is 1.56. The van der Waals surface area contributed by atoms with E-state index >= 15 is 0 Å². The summed E-state index contributed by atoms with van der Waals surface area (Å²) < 4.78 is 4.95. The summed E-state index contributed by atoms with van der Waals surface area (Å²) in [4.78, 5) is 24.7. The maximum Gasteiger partial charge on any atom is 0.270 e. The fourth-order valence-electron chi connectivity index (χ4n) is 1.95. The molecule has 0 radical (unpaired) electrons. The number of anilines is 1. The maximum absolute atomic E-state index is 12.1. The highest BCUT2D eigenvalue weighted by molar-refractivity contribution is 5.92. The van der Waals surface area contributed by atoms with Crippen molar-refractivity contribution < 1.29 is 9.53 Å². The lowest BCUT2D eigenvalue weighted by atomic mass is 10.3. The first kappa shape index (κ1) is 16.8. The minimum Gasteiger partial charge on any atom is -0.385 e. The molecule has 0 aliphatic rings. The van der Waals surface area contributed by atoms with Crippen LogP contribution in [0.3, 0.4) is 0 Å². The number of carbonyl (C=O) groups excluding carboxylic acids is 1. The topological polar surface area (TPSA) is 89.0 Å². The van der Waals surface area contributed by atoms with Crippen LogP contribution in [0.2, 0.25) is 0 Å². The van der Waals surface area contributed by atoms with Crippen molar-refractivity contribution in [3.05, 3.63) is 47.5 Å². The number of aromatic nitrogens is 3. The van der Waals surface area contributed by atoms with E-state index < -0.39 is 0 Å². The number of aryl methyl sites for hydroxylation is 1. The Morgan fingerprint density at radius 3 is 2.78 bits per heavy atom. The van der Waals surface area contributed by atoms with E-state index in [0.717, 1.165) is 17.7 Å². The van der Waals surface area contributed by atoms with Crippen LogP contribution in [-0.2, 0) is 11.3 Å². The Balaban J connectivity index is 1.96. The van der Waals surface area contributed by atoms with Crippen molar-refractivity contribution >= 4 is 11.9 Å². The van der Waals surface area contributed by atoms with Gasteiger partial charge in [0.15, 0.2) is 0 Å². The molecule has 0 atom stereocenters. The second kappa shape index (κ2) is 8.79. The highest BCUT2D eigenvalue weighted by Gasteiger charge is 2.10. The van der Waals surface area contributed by atoms with Crippen molar-refractivity contribution in [1.29, 1.82) is 0 Å². The molecule has 0 saturated carbocycles. The first-order chi connectivity index (χ1) is 11.2. The van der Waals surface area contributed by atoms with Crippen molar-refractivity contribution in [2.45, 2.75) is 19.9 Å². The molecule has 7 heteroatoms. The van der Waals surface area contributed by atoms with Crippen molar-refractivity contribution in [3.63, 3.8) is 0 Å². The summed E-state index contributed by atoms with van der Waals surface area (Å²) in [6.07, 6.45) is 4.22. The molecule has 7 nitrogen and oxygen atoms in total. The number of hydrogen-bond donors (Lipinski definition) is 2. The second-order valence-corrected chi connectivity index (χ2v) is 5.03. The summed E-state index contributed by atoms with van der Waals surface area (Å²) in [7, 11) is 1.64. The van der Waals surface area contributed by atoms with E-state index in [1.807, 2.05) is 19.1 Å². The van der Waals surface area contributed by atoms with Crippen LogP contribution in [0, 0.1) is 6.92 Å². The van der Waals surface area contributed by atoms with Crippen LogP contribution in [0.4, 0.5) is 5.95 Å². The normalized spacial score (nSPS) is 10.3. The van der Waals surface area contributed by atoms with E-state index in [9.17, 15) is 4.79 Å². The van der Waals surface area contributed by atoms with Gasteiger partial charge in [-0.3, -0.25) is 9.78 Å². The Morgan fingerprint density at radius 1 is 1.26 bits per heavy atom. The van der Waals surface area contributed by atoms with Gasteiger partial charge in [-0.1, -0.05) is 0 Å². The van der Waals surface area contributed by atoms with E-state index in [1.54, 1.807) is 25.6 Å². The van der Waals surface area contributed by atoms with Gasteiger partial charge in [-0.05, 0) is 37.1 Å². The number of pyridine rings is 1. The molecule has 0 aliphatic heterocycles. The first-order valence-electron chi connectivity index (χ1n) is 7.44. The molecule has 0 aromatic carbocycles. The van der Waals surface area contributed by atoms with Gasteiger partial charge in [0, 0.05) is 44.9 Å². The van der Waals surface area contributed by atoms with E-state index in [2.05, 4.69) is 25.6 Å². The Hall–Kier alpha value is -2.54. The number of carbonyl (C=O) groups is 1. The molecule has 2 N–H and O–H groups in total. The van der Waals surface area contributed by atoms with Crippen LogP contribution in [-0.4, -0.2) is 41.1 Å². The maximum atomic E-state index is 12.1. The Morgan fingerprint density at radius 2 is 2.04 bits per heavy atom. The molecule has 122 valence electrons. The number of amides is 1. The molecule has 0 saturated heterocycles. The molecule has 0 unspecified atom stereocenters. The lowest BCUT2D eigenvalue weighted by molar-refractivity contribution is 0.0943. The van der Waals surface area contributed by atoms with Gasteiger partial charge in [0.1, 0.15) is 5.69 Å². The van der Waals surface area contributed by atoms with E-state index in [-0.39, 0.29) is 5.91 Å². The lowest BCUT2D eigenvalue weighted by Gasteiger charge is -2.09. The second-order valence-electron chi connectivity index (χ2n) is 5.03. The van der Waals surface area contributed by atoms with Crippen LogP contribution in [0.15, 0.2) is 30.6 Å². The minimum atomic E-state index is -0.210. The van der Waals surface area contributed by atoms with Gasteiger partial charge >= 0.3 is 0 Å². The molecule has 2 aromatic rings. The number of ether oxygens (including phenoxy) is 1. The van der Waals surface area contributed by atoms with Gasteiger partial charge in [-0.15, -0.1) is 0 Å². The van der Waals surface area contributed by atoms with Crippen molar-refractivity contribution in [1.82, 2.24) is 20.3 Å². The molecule has 0 bridgehead atoms. The molecule has 23 heavy (non-hydrogen) atoms. The minimum absolute atomic E-state index is 0.210. The molecule has 2 rings (SSSR count). The summed E-state index contributed by atoms with van der Waals surface area (Å²) in [6, 6.07) is 5.49. The summed E-state index contributed by atoms with van der Waals surface area (Å²) in [6.45, 7) is 3.57. The zero-order valence-corrected chi connectivity index (χ0v) is 13.4. The Bertz CT molecular complexity index is 634. The van der Waals surface area contributed by atoms with Crippen LogP contribution < -0.4 is 10.6 Å². The highest BCUT2D eigenvalue weighted by Crippen LogP contribution is 2.07. The zero-order chi connectivity index (χ0) is 16.5. The predicted molar refractivity (Wildman–Crippen MR) is 87.2 cm³/mol. The third kappa shape index (κ3) is 5.63. The molecule has 1 amide bonds. The number of methoxy groups -OCH3 is 1. The van der Waals surface area contributed by atoms with Gasteiger partial charge in [0.05, 0.1) is 0 Å². The van der Waals surface area contributed by atoms with Crippen LogP contribution >= 0.6 is 0 Å². The third-order valence-corrected chi connectivity index (χ3v) is 3.10. The first-order valence-corrected chi connectivity index (χ1v) is 7.44. The van der Waals surface area contributed by atoms with E-state index in [1.165, 1.54) is 0 Å². The fourth-order valence-corrected chi connectivity index (χ4v) is 1.95. The molecule has 0 spiro atoms. The van der Waals surface area contributed by atoms with Gasteiger partial charge in [-0.25, -0.2) is 9.97 Å². The molecular formula is C16H21N5O2. The Labute approximate surface area is 135 Å². The van der Waals surface area contributed by atoms with E-state index in [4.69, 9.17) is 4.74 Å². The van der Waals surface area contributed by atoms with Crippen molar-refractivity contribution in [2.75, 3.05) is 25.6 Å². The highest BCUT2D eigenvalue weighted by atomic mass is 16.5. The van der Waals surface area contributed by atoms with Crippen LogP contribution in [0.5, 0.6) is 0 Å². The number of rotatable bonds is 8. The zero-order valence-electron chi connectivity index (χ0n) is 13.4. The van der Waals surface area contributed by atoms with E-state index in [0.29, 0.717) is 31.3 Å². The summed E-state index contributed by atoms with van der Waals surface area (Å²) in [5.41, 5.74) is 2.15.